The van der Waals surface area contributed by atoms with Gasteiger partial charge in [-0.25, -0.2) is 4.79 Å². The third-order valence-electron chi connectivity index (χ3n) is 2.60. The highest BCUT2D eigenvalue weighted by Crippen LogP contribution is 2.09. The van der Waals surface area contributed by atoms with Gasteiger partial charge < -0.3 is 19.8 Å². The van der Waals surface area contributed by atoms with Gasteiger partial charge in [-0.2, -0.15) is 0 Å². The lowest BCUT2D eigenvalue weighted by Crippen LogP contribution is -2.29. The molecule has 0 aromatic rings. The Hall–Kier alpha value is -1.77. The van der Waals surface area contributed by atoms with Crippen LogP contribution in [0.4, 0.5) is 4.79 Å². The van der Waals surface area contributed by atoms with E-state index in [1.807, 2.05) is 0 Å². The number of carbonyl (C=O) groups excluding carboxylic acids is 1. The fourth-order valence-electron chi connectivity index (χ4n) is 1.49. The highest BCUT2D eigenvalue weighted by atomic mass is 16.8. The summed E-state index contributed by atoms with van der Waals surface area (Å²) in [4.78, 5) is 16.5. The normalized spacial score (nSPS) is 13.4. The van der Waals surface area contributed by atoms with E-state index in [1.54, 1.807) is 27.8 Å². The second kappa shape index (κ2) is 10.9. The molecule has 0 fully saturated rings. The summed E-state index contributed by atoms with van der Waals surface area (Å²) < 4.78 is 9.74. The number of unbranched alkanes of at least 4 members (excludes halogenated alkanes) is 3. The molecule has 0 bridgehead atoms. The molecule has 0 amide bonds. The van der Waals surface area contributed by atoms with E-state index in [-0.39, 0.29) is 6.61 Å². The zero-order valence-electron chi connectivity index (χ0n) is 14.7. The summed E-state index contributed by atoms with van der Waals surface area (Å²) in [7, 11) is 1.57. The van der Waals surface area contributed by atoms with Crippen LogP contribution in [0, 0.1) is 5.21 Å². The fourth-order valence-corrected chi connectivity index (χ4v) is 1.49. The Morgan fingerprint density at radius 3 is 2.48 bits per heavy atom. The molecule has 0 aliphatic heterocycles. The number of carbonyl (C=O) groups is 1. The summed E-state index contributed by atoms with van der Waals surface area (Å²) >= 11 is 0. The summed E-state index contributed by atoms with van der Waals surface area (Å²) in [6.45, 7) is 7.23. The molecule has 1 N–H and O–H groups in total. The van der Waals surface area contributed by atoms with Crippen LogP contribution in [0.3, 0.4) is 0 Å². The van der Waals surface area contributed by atoms with Crippen LogP contribution in [0.5, 0.6) is 0 Å². The van der Waals surface area contributed by atoms with Crippen molar-refractivity contribution in [2.45, 2.75) is 65.3 Å². The summed E-state index contributed by atoms with van der Waals surface area (Å²) in [5.41, 5.74) is -0.672. The van der Waals surface area contributed by atoms with E-state index in [4.69, 9.17) is 19.4 Å². The van der Waals surface area contributed by atoms with Gasteiger partial charge in [-0.15, -0.1) is 5.01 Å². The minimum Gasteiger partial charge on any atom is -0.569 e. The molecule has 0 heterocycles. The van der Waals surface area contributed by atoms with E-state index in [2.05, 4.69) is 5.28 Å². The van der Waals surface area contributed by atoms with Gasteiger partial charge in [-0.1, -0.05) is 12.8 Å². The lowest BCUT2D eigenvalue weighted by atomic mass is 10.2. The molecule has 0 rings (SSSR count). The van der Waals surface area contributed by atoms with Gasteiger partial charge in [0, 0.05) is 13.5 Å². The average molecular weight is 335 g/mol. The quantitative estimate of drug-likeness (QED) is 0.163. The molecule has 1 unspecified atom stereocenters. The highest BCUT2D eigenvalue weighted by Gasteiger charge is 2.20. The van der Waals surface area contributed by atoms with E-state index < -0.39 is 18.0 Å². The van der Waals surface area contributed by atoms with Crippen molar-refractivity contribution in [1.29, 1.82) is 0 Å². The lowest BCUT2D eigenvalue weighted by molar-refractivity contribution is -0.707. The highest BCUT2D eigenvalue weighted by molar-refractivity contribution is 5.60. The number of hydrazine groups is 1. The van der Waals surface area contributed by atoms with Gasteiger partial charge in [0.25, 0.3) is 6.29 Å². The van der Waals surface area contributed by atoms with Gasteiger partial charge in [0.1, 0.15) is 5.60 Å². The molecular weight excluding hydrogens is 306 g/mol. The van der Waals surface area contributed by atoms with Crippen molar-refractivity contribution in [3.63, 3.8) is 0 Å². The Balaban J connectivity index is 4.04. The first kappa shape index (κ1) is 21.2. The summed E-state index contributed by atoms with van der Waals surface area (Å²) in [6, 6.07) is 0. The number of nitrogens with zero attached hydrogens (tertiary/aromatic N) is 3. The molecule has 23 heavy (non-hydrogen) atoms. The summed E-state index contributed by atoms with van der Waals surface area (Å²) in [6.07, 6.45) is 1.45. The molecule has 0 radical (unpaired) electrons. The Kier molecular flexibility index (Phi) is 10.0. The molecule has 0 spiro atoms. The molecule has 9 heteroatoms. The summed E-state index contributed by atoms with van der Waals surface area (Å²) in [5, 5.41) is 24.9. The molecule has 0 aliphatic rings. The third kappa shape index (κ3) is 12.5. The molecule has 136 valence electrons. The SMILES string of the molecule is CC(O/N=[N+](\[O-])N(C)CCCCCCO)OC(=O)OC(C)(C)C. The Morgan fingerprint density at radius 2 is 1.91 bits per heavy atom. The molecule has 0 aromatic heterocycles. The van der Waals surface area contributed by atoms with Gasteiger partial charge in [-0.05, 0) is 33.6 Å². The number of aliphatic hydroxyl groups is 1. The first-order chi connectivity index (χ1) is 10.7. The predicted octanol–water partition coefficient (Wildman–Crippen LogP) is 2.58. The molecule has 0 saturated carbocycles. The van der Waals surface area contributed by atoms with Crippen molar-refractivity contribution in [3.05, 3.63) is 5.21 Å². The number of hydrogen-bond acceptors (Lipinski definition) is 7. The van der Waals surface area contributed by atoms with Crippen molar-refractivity contribution in [2.75, 3.05) is 20.2 Å². The second-order valence-corrected chi connectivity index (χ2v) is 6.11. The predicted molar refractivity (Wildman–Crippen MR) is 82.1 cm³/mol. The molecule has 1 atom stereocenters. The van der Waals surface area contributed by atoms with Gasteiger partial charge in [-0.3, -0.25) is 4.84 Å². The second-order valence-electron chi connectivity index (χ2n) is 6.11. The fraction of sp³-hybridized carbons (Fsp3) is 0.929. The largest absolute Gasteiger partial charge is 0.569 e. The van der Waals surface area contributed by atoms with Crippen LogP contribution in [0.2, 0.25) is 0 Å². The van der Waals surface area contributed by atoms with Crippen molar-refractivity contribution < 1.29 is 29.2 Å². The van der Waals surface area contributed by atoms with Crippen molar-refractivity contribution >= 4 is 6.16 Å². The van der Waals surface area contributed by atoms with Gasteiger partial charge >= 0.3 is 6.16 Å². The number of rotatable bonds is 10. The van der Waals surface area contributed by atoms with Crippen molar-refractivity contribution in [1.82, 2.24) is 5.01 Å². The van der Waals surface area contributed by atoms with Gasteiger partial charge in [0.2, 0.25) is 5.28 Å². The minimum absolute atomic E-state index is 0.183. The Bertz CT molecular complexity index is 370. The van der Waals surface area contributed by atoms with Crippen LogP contribution in [0.15, 0.2) is 5.28 Å². The van der Waals surface area contributed by atoms with E-state index in [0.717, 1.165) is 25.7 Å². The minimum atomic E-state index is -1.04. The topological polar surface area (TPSA) is 107 Å². The van der Waals surface area contributed by atoms with Crippen LogP contribution in [0.25, 0.3) is 0 Å². The smallest absolute Gasteiger partial charge is 0.511 e. The number of hydrogen-bond donors (Lipinski definition) is 1. The van der Waals surface area contributed by atoms with Crippen molar-refractivity contribution in [2.24, 2.45) is 5.28 Å². The monoisotopic (exact) mass is 335 g/mol. The molecular formula is C14H29N3O6. The molecule has 9 nitrogen and oxygen atoms in total. The standard InChI is InChI=1S/C14H29N3O6/c1-12(21-13(19)22-14(2,3)4)23-15-17(20)16(5)10-8-6-7-9-11-18/h12,18H,6-11H2,1-5H3/b17-15-. The first-order valence-electron chi connectivity index (χ1n) is 7.71. The maximum absolute atomic E-state index is 11.6. The van der Waals surface area contributed by atoms with Crippen LogP contribution in [0.1, 0.15) is 53.4 Å². The van der Waals surface area contributed by atoms with Crippen molar-refractivity contribution in [3.8, 4) is 0 Å². The van der Waals surface area contributed by atoms with E-state index in [1.165, 1.54) is 11.9 Å². The maximum atomic E-state index is 11.6. The van der Waals surface area contributed by atoms with E-state index in [0.29, 0.717) is 11.5 Å². The summed E-state index contributed by atoms with van der Waals surface area (Å²) in [5.74, 6) is 0. The molecule has 0 aliphatic carbocycles. The number of aliphatic hydroxyl groups excluding tert-OH is 1. The van der Waals surface area contributed by atoms with Gasteiger partial charge in [0.15, 0.2) is 0 Å². The zero-order chi connectivity index (χ0) is 17.9. The first-order valence-corrected chi connectivity index (χ1v) is 7.71. The lowest BCUT2D eigenvalue weighted by Gasteiger charge is -2.20. The van der Waals surface area contributed by atoms with E-state index in [9.17, 15) is 10.0 Å². The maximum Gasteiger partial charge on any atom is 0.511 e. The number of ether oxygens (including phenoxy) is 2. The third-order valence-corrected chi connectivity index (χ3v) is 2.60. The molecule has 0 saturated heterocycles. The van der Waals surface area contributed by atoms with E-state index >= 15 is 0 Å². The van der Waals surface area contributed by atoms with Crippen LogP contribution in [-0.2, 0) is 14.3 Å². The zero-order valence-corrected chi connectivity index (χ0v) is 14.7. The average Bonchev–Trinajstić information content (AvgIpc) is 2.42. The Labute approximate surface area is 137 Å². The Morgan fingerprint density at radius 1 is 1.30 bits per heavy atom. The van der Waals surface area contributed by atoms with Crippen LogP contribution >= 0.6 is 0 Å². The van der Waals surface area contributed by atoms with Gasteiger partial charge in [0.05, 0.1) is 18.6 Å². The van der Waals surface area contributed by atoms with Crippen LogP contribution < -0.4 is 0 Å². The molecule has 0 aromatic carbocycles. The van der Waals surface area contributed by atoms with Crippen LogP contribution in [-0.4, -0.2) is 53.3 Å².